The summed E-state index contributed by atoms with van der Waals surface area (Å²) in [6.07, 6.45) is 2.95. The first-order valence-electron chi connectivity index (χ1n) is 8.10. The van der Waals surface area contributed by atoms with Crippen LogP contribution in [0.25, 0.3) is 0 Å². The molecule has 1 aliphatic rings. The molecule has 1 aromatic carbocycles. The Morgan fingerprint density at radius 3 is 2.64 bits per heavy atom. The Balaban J connectivity index is 1.63. The molecule has 0 bridgehead atoms. The molecule has 7 heteroatoms. The molecular weight excluding hydrogens is 323 g/mol. The fourth-order valence-electron chi connectivity index (χ4n) is 2.87. The third-order valence-corrected chi connectivity index (χ3v) is 4.22. The van der Waals surface area contributed by atoms with Crippen LogP contribution in [0.15, 0.2) is 42.6 Å². The maximum absolute atomic E-state index is 13.0. The molecule has 0 spiro atoms. The molecule has 1 fully saturated rings. The number of halogens is 1. The first-order valence-corrected chi connectivity index (χ1v) is 8.10. The average molecular weight is 342 g/mol. The summed E-state index contributed by atoms with van der Waals surface area (Å²) < 4.78 is 13.0. The molecule has 0 aliphatic carbocycles. The zero-order chi connectivity index (χ0) is 17.8. The van der Waals surface area contributed by atoms with Crippen molar-refractivity contribution in [3.05, 3.63) is 54.0 Å². The van der Waals surface area contributed by atoms with E-state index in [1.807, 2.05) is 0 Å². The van der Waals surface area contributed by atoms with Gasteiger partial charge in [-0.3, -0.25) is 9.59 Å². The van der Waals surface area contributed by atoms with Crippen LogP contribution in [0.1, 0.15) is 23.2 Å². The molecule has 2 amide bonds. The van der Waals surface area contributed by atoms with Gasteiger partial charge in [0.2, 0.25) is 5.91 Å². The highest BCUT2D eigenvalue weighted by Crippen LogP contribution is 2.21. The van der Waals surface area contributed by atoms with E-state index >= 15 is 0 Å². The summed E-state index contributed by atoms with van der Waals surface area (Å²) in [4.78, 5) is 30.5. The molecular formula is C18H19FN4O2. The van der Waals surface area contributed by atoms with Gasteiger partial charge in [0.25, 0.3) is 5.91 Å². The van der Waals surface area contributed by atoms with Crippen molar-refractivity contribution in [2.75, 3.05) is 24.1 Å². The third-order valence-electron chi connectivity index (χ3n) is 4.22. The lowest BCUT2D eigenvalue weighted by Crippen LogP contribution is -2.43. The summed E-state index contributed by atoms with van der Waals surface area (Å²) in [5.74, 6) is -0.637. The van der Waals surface area contributed by atoms with Crippen molar-refractivity contribution in [2.24, 2.45) is 5.92 Å². The van der Waals surface area contributed by atoms with E-state index in [2.05, 4.69) is 10.3 Å². The minimum absolute atomic E-state index is 0.150. The molecule has 2 heterocycles. The number of piperidine rings is 1. The Labute approximate surface area is 144 Å². The van der Waals surface area contributed by atoms with Gasteiger partial charge in [-0.2, -0.15) is 0 Å². The highest BCUT2D eigenvalue weighted by Gasteiger charge is 2.29. The number of hydrogen-bond acceptors (Lipinski definition) is 4. The number of nitrogen functional groups attached to an aromatic ring is 1. The summed E-state index contributed by atoms with van der Waals surface area (Å²) >= 11 is 0. The molecule has 1 atom stereocenters. The lowest BCUT2D eigenvalue weighted by molar-refractivity contribution is -0.121. The van der Waals surface area contributed by atoms with Crippen molar-refractivity contribution in [1.82, 2.24) is 9.88 Å². The molecule has 25 heavy (non-hydrogen) atoms. The molecule has 2 aromatic rings. The Morgan fingerprint density at radius 1 is 1.20 bits per heavy atom. The van der Waals surface area contributed by atoms with Gasteiger partial charge in [-0.05, 0) is 49.2 Å². The van der Waals surface area contributed by atoms with E-state index in [4.69, 9.17) is 5.73 Å². The maximum atomic E-state index is 13.0. The van der Waals surface area contributed by atoms with Crippen molar-refractivity contribution in [2.45, 2.75) is 12.8 Å². The van der Waals surface area contributed by atoms with Crippen LogP contribution >= 0.6 is 0 Å². The Bertz CT molecular complexity index is 762. The number of likely N-dealkylation sites (tertiary alicyclic amines) is 1. The number of rotatable bonds is 3. The van der Waals surface area contributed by atoms with Crippen molar-refractivity contribution in [3.63, 3.8) is 0 Å². The van der Waals surface area contributed by atoms with Gasteiger partial charge in [-0.15, -0.1) is 0 Å². The second-order valence-electron chi connectivity index (χ2n) is 6.06. The minimum Gasteiger partial charge on any atom is -0.384 e. The summed E-state index contributed by atoms with van der Waals surface area (Å²) in [6.45, 7) is 0.924. The maximum Gasteiger partial charge on any atom is 0.253 e. The van der Waals surface area contributed by atoms with E-state index in [0.717, 1.165) is 6.42 Å². The fraction of sp³-hybridized carbons (Fsp3) is 0.278. The minimum atomic E-state index is -0.385. The summed E-state index contributed by atoms with van der Waals surface area (Å²) in [5, 5.41) is 2.80. The van der Waals surface area contributed by atoms with Crippen LogP contribution in [-0.2, 0) is 4.79 Å². The lowest BCUT2D eigenvalue weighted by Gasteiger charge is -2.32. The number of nitrogens with two attached hydrogens (primary N) is 1. The second kappa shape index (κ2) is 7.29. The largest absolute Gasteiger partial charge is 0.384 e. The van der Waals surface area contributed by atoms with E-state index in [9.17, 15) is 14.0 Å². The molecule has 3 N–H and O–H groups in total. The number of benzene rings is 1. The topological polar surface area (TPSA) is 88.3 Å². The van der Waals surface area contributed by atoms with Gasteiger partial charge in [0, 0.05) is 18.7 Å². The highest BCUT2D eigenvalue weighted by molar-refractivity contribution is 5.96. The summed E-state index contributed by atoms with van der Waals surface area (Å²) in [6, 6.07) is 8.74. The molecule has 6 nitrogen and oxygen atoms in total. The zero-order valence-electron chi connectivity index (χ0n) is 13.6. The van der Waals surface area contributed by atoms with E-state index in [1.54, 1.807) is 17.0 Å². The first kappa shape index (κ1) is 16.9. The SMILES string of the molecule is Nc1ccc(NC(=O)C2CCCN(C(=O)c3ccc(F)cc3)C2)cn1. The van der Waals surface area contributed by atoms with Crippen molar-refractivity contribution in [3.8, 4) is 0 Å². The number of nitrogens with one attached hydrogen (secondary N) is 1. The lowest BCUT2D eigenvalue weighted by atomic mass is 9.96. The number of pyridine rings is 1. The molecule has 1 aliphatic heterocycles. The van der Waals surface area contributed by atoms with Crippen molar-refractivity contribution < 1.29 is 14.0 Å². The van der Waals surface area contributed by atoms with Crippen LogP contribution in [0.4, 0.5) is 15.9 Å². The van der Waals surface area contributed by atoms with Crippen LogP contribution in [0.2, 0.25) is 0 Å². The molecule has 3 rings (SSSR count). The third kappa shape index (κ3) is 4.12. The predicted molar refractivity (Wildman–Crippen MR) is 92.3 cm³/mol. The van der Waals surface area contributed by atoms with Gasteiger partial charge < -0.3 is 16.0 Å². The predicted octanol–water partition coefficient (Wildman–Crippen LogP) is 2.29. The molecule has 1 saturated heterocycles. The molecule has 130 valence electrons. The van der Waals surface area contributed by atoms with Gasteiger partial charge in [-0.25, -0.2) is 9.37 Å². The highest BCUT2D eigenvalue weighted by atomic mass is 19.1. The normalized spacial score (nSPS) is 17.2. The van der Waals surface area contributed by atoms with E-state index in [1.165, 1.54) is 30.5 Å². The number of amides is 2. The second-order valence-corrected chi connectivity index (χ2v) is 6.06. The van der Waals surface area contributed by atoms with Gasteiger partial charge >= 0.3 is 0 Å². The molecule has 1 unspecified atom stereocenters. The van der Waals surface area contributed by atoms with Gasteiger partial charge in [-0.1, -0.05) is 0 Å². The number of nitrogens with zero attached hydrogens (tertiary/aromatic N) is 2. The van der Waals surface area contributed by atoms with Gasteiger partial charge in [0.1, 0.15) is 11.6 Å². The number of aromatic nitrogens is 1. The van der Waals surface area contributed by atoms with E-state index in [0.29, 0.717) is 36.6 Å². The number of anilines is 2. The number of carbonyl (C=O) groups is 2. The quantitative estimate of drug-likeness (QED) is 0.896. The van der Waals surface area contributed by atoms with Crippen molar-refractivity contribution >= 4 is 23.3 Å². The zero-order valence-corrected chi connectivity index (χ0v) is 13.6. The number of carbonyl (C=O) groups excluding carboxylic acids is 2. The Hall–Kier alpha value is -2.96. The van der Waals surface area contributed by atoms with Crippen LogP contribution < -0.4 is 11.1 Å². The van der Waals surface area contributed by atoms with Crippen LogP contribution in [0, 0.1) is 11.7 Å². The van der Waals surface area contributed by atoms with E-state index < -0.39 is 0 Å². The van der Waals surface area contributed by atoms with Crippen LogP contribution in [0.5, 0.6) is 0 Å². The first-order chi connectivity index (χ1) is 12.0. The van der Waals surface area contributed by atoms with Crippen LogP contribution in [0.3, 0.4) is 0 Å². The standard InChI is InChI=1S/C18H19FN4O2/c19-14-5-3-12(4-6-14)18(25)23-9-1-2-13(11-23)17(24)22-15-7-8-16(20)21-10-15/h3-8,10,13H,1-2,9,11H2,(H2,20,21)(H,22,24). The Kier molecular flexibility index (Phi) is 4.92. The molecule has 0 radical (unpaired) electrons. The monoisotopic (exact) mass is 342 g/mol. The smallest absolute Gasteiger partial charge is 0.253 e. The summed E-state index contributed by atoms with van der Waals surface area (Å²) in [7, 11) is 0. The van der Waals surface area contributed by atoms with Gasteiger partial charge in [0.15, 0.2) is 0 Å². The Morgan fingerprint density at radius 2 is 1.96 bits per heavy atom. The fourth-order valence-corrected chi connectivity index (χ4v) is 2.87. The van der Waals surface area contributed by atoms with Crippen molar-refractivity contribution in [1.29, 1.82) is 0 Å². The molecule has 0 saturated carbocycles. The number of hydrogen-bond donors (Lipinski definition) is 2. The molecule has 1 aromatic heterocycles. The van der Waals surface area contributed by atoms with Gasteiger partial charge in [0.05, 0.1) is 17.8 Å². The average Bonchev–Trinajstić information content (AvgIpc) is 2.64. The van der Waals surface area contributed by atoms with Crippen LogP contribution in [-0.4, -0.2) is 34.8 Å². The van der Waals surface area contributed by atoms with E-state index in [-0.39, 0.29) is 23.5 Å². The summed E-state index contributed by atoms with van der Waals surface area (Å²) in [5.41, 5.74) is 6.52.